The number of rotatable bonds is 1. The van der Waals surface area contributed by atoms with Gasteiger partial charge in [0.2, 0.25) is 0 Å². The van der Waals surface area contributed by atoms with E-state index in [1.54, 1.807) is 18.2 Å². The first-order valence-corrected chi connectivity index (χ1v) is 5.30. The zero-order valence-corrected chi connectivity index (χ0v) is 8.24. The first-order valence-electron chi connectivity index (χ1n) is 5.30. The smallest absolute Gasteiger partial charge is 0.122 e. The molecule has 0 aliphatic heterocycles. The molecule has 2 nitrogen and oxygen atoms in total. The Balaban J connectivity index is 2.29. The summed E-state index contributed by atoms with van der Waals surface area (Å²) in [5.74, 6) is 0.846. The van der Waals surface area contributed by atoms with Crippen LogP contribution in [0.5, 0.6) is 11.5 Å². The van der Waals surface area contributed by atoms with Gasteiger partial charge >= 0.3 is 0 Å². The van der Waals surface area contributed by atoms with E-state index < -0.39 is 0 Å². The van der Waals surface area contributed by atoms with Gasteiger partial charge in [0.1, 0.15) is 11.5 Å². The van der Waals surface area contributed by atoms with Crippen molar-refractivity contribution in [2.24, 2.45) is 0 Å². The summed E-state index contributed by atoms with van der Waals surface area (Å²) < 4.78 is 0. The molecule has 0 aromatic heterocycles. The van der Waals surface area contributed by atoms with Crippen molar-refractivity contribution < 1.29 is 10.2 Å². The molecule has 1 aliphatic carbocycles. The summed E-state index contributed by atoms with van der Waals surface area (Å²) in [6, 6.07) is 4.99. The predicted molar refractivity (Wildman–Crippen MR) is 55.6 cm³/mol. The fraction of sp³-hybridized carbons (Fsp3) is 0.500. The fourth-order valence-corrected chi connectivity index (χ4v) is 2.35. The Bertz CT molecular complexity index is 294. The van der Waals surface area contributed by atoms with Gasteiger partial charge in [-0.2, -0.15) is 0 Å². The van der Waals surface area contributed by atoms with Crippen molar-refractivity contribution in [1.82, 2.24) is 0 Å². The Hall–Kier alpha value is -1.18. The van der Waals surface area contributed by atoms with Crippen LogP contribution in [0, 0.1) is 0 Å². The third-order valence-corrected chi connectivity index (χ3v) is 3.07. The third kappa shape index (κ3) is 1.69. The molecule has 1 aromatic carbocycles. The van der Waals surface area contributed by atoms with Gasteiger partial charge in [0.15, 0.2) is 0 Å². The van der Waals surface area contributed by atoms with E-state index in [0.717, 1.165) is 18.4 Å². The minimum Gasteiger partial charge on any atom is -0.508 e. The first-order chi connectivity index (χ1) is 6.79. The number of phenols is 2. The Kier molecular flexibility index (Phi) is 2.62. The summed E-state index contributed by atoms with van der Waals surface area (Å²) in [5, 5.41) is 19.4. The molecule has 0 bridgehead atoms. The van der Waals surface area contributed by atoms with Crippen LogP contribution >= 0.6 is 0 Å². The molecule has 1 saturated carbocycles. The van der Waals surface area contributed by atoms with Crippen LogP contribution in [0.15, 0.2) is 18.2 Å². The van der Waals surface area contributed by atoms with Gasteiger partial charge in [-0.25, -0.2) is 0 Å². The molecular formula is C12H16O2. The summed E-state index contributed by atoms with van der Waals surface area (Å²) >= 11 is 0. The highest BCUT2D eigenvalue weighted by Crippen LogP contribution is 2.41. The van der Waals surface area contributed by atoms with Crippen LogP contribution in [0.2, 0.25) is 0 Å². The lowest BCUT2D eigenvalue weighted by molar-refractivity contribution is 0.389. The highest BCUT2D eigenvalue weighted by molar-refractivity contribution is 5.45. The highest BCUT2D eigenvalue weighted by atomic mass is 16.3. The second-order valence-electron chi connectivity index (χ2n) is 4.04. The molecule has 0 heterocycles. The molecule has 0 saturated heterocycles. The normalized spacial score (nSPS) is 18.3. The molecule has 1 aromatic rings. The van der Waals surface area contributed by atoms with Gasteiger partial charge < -0.3 is 10.2 Å². The van der Waals surface area contributed by atoms with E-state index in [0.29, 0.717) is 5.92 Å². The Morgan fingerprint density at radius 1 is 0.929 bits per heavy atom. The molecule has 0 amide bonds. The van der Waals surface area contributed by atoms with Crippen LogP contribution in [0.3, 0.4) is 0 Å². The standard InChI is InChI=1S/C12H16O2/c13-10-7-4-8-11(14)12(10)9-5-2-1-3-6-9/h4,7-9,13-14H,1-3,5-6H2. The van der Waals surface area contributed by atoms with E-state index in [1.165, 1.54) is 19.3 Å². The summed E-state index contributed by atoms with van der Waals surface area (Å²) in [4.78, 5) is 0. The third-order valence-electron chi connectivity index (χ3n) is 3.07. The maximum Gasteiger partial charge on any atom is 0.122 e. The number of hydrogen-bond acceptors (Lipinski definition) is 2. The van der Waals surface area contributed by atoms with E-state index in [-0.39, 0.29) is 11.5 Å². The molecule has 2 heteroatoms. The zero-order chi connectivity index (χ0) is 9.97. The van der Waals surface area contributed by atoms with Gasteiger partial charge in [-0.1, -0.05) is 25.3 Å². The maximum atomic E-state index is 9.68. The maximum absolute atomic E-state index is 9.68. The molecule has 1 aliphatic rings. The lowest BCUT2D eigenvalue weighted by Gasteiger charge is -2.23. The molecule has 2 rings (SSSR count). The molecule has 0 atom stereocenters. The number of benzene rings is 1. The van der Waals surface area contributed by atoms with Gasteiger partial charge in [-0.05, 0) is 30.9 Å². The highest BCUT2D eigenvalue weighted by Gasteiger charge is 2.21. The van der Waals surface area contributed by atoms with E-state index in [9.17, 15) is 10.2 Å². The second-order valence-corrected chi connectivity index (χ2v) is 4.04. The lowest BCUT2D eigenvalue weighted by atomic mass is 9.83. The average molecular weight is 192 g/mol. The van der Waals surface area contributed by atoms with Crippen molar-refractivity contribution in [3.63, 3.8) is 0 Å². The van der Waals surface area contributed by atoms with Gasteiger partial charge in [0.05, 0.1) is 0 Å². The van der Waals surface area contributed by atoms with Gasteiger partial charge in [0.25, 0.3) is 0 Å². The summed E-state index contributed by atoms with van der Waals surface area (Å²) in [5.41, 5.74) is 0.757. The molecule has 1 fully saturated rings. The number of phenolic OH excluding ortho intramolecular Hbond substituents is 2. The van der Waals surface area contributed by atoms with Crippen molar-refractivity contribution in [3.05, 3.63) is 23.8 Å². The van der Waals surface area contributed by atoms with E-state index >= 15 is 0 Å². The molecule has 0 radical (unpaired) electrons. The van der Waals surface area contributed by atoms with Gasteiger partial charge in [-0.15, -0.1) is 0 Å². The molecule has 2 N–H and O–H groups in total. The lowest BCUT2D eigenvalue weighted by Crippen LogP contribution is -2.04. The Labute approximate surface area is 84.2 Å². The van der Waals surface area contributed by atoms with Crippen molar-refractivity contribution in [3.8, 4) is 11.5 Å². The van der Waals surface area contributed by atoms with Crippen molar-refractivity contribution in [2.45, 2.75) is 38.0 Å². The minimum absolute atomic E-state index is 0.247. The van der Waals surface area contributed by atoms with Crippen molar-refractivity contribution >= 4 is 0 Å². The summed E-state index contributed by atoms with van der Waals surface area (Å²) in [6.45, 7) is 0. The summed E-state index contributed by atoms with van der Waals surface area (Å²) in [6.07, 6.45) is 5.87. The molecule has 0 spiro atoms. The average Bonchev–Trinajstić information content (AvgIpc) is 2.19. The zero-order valence-electron chi connectivity index (χ0n) is 8.24. The van der Waals surface area contributed by atoms with E-state index in [4.69, 9.17) is 0 Å². The van der Waals surface area contributed by atoms with E-state index in [2.05, 4.69) is 0 Å². The number of hydrogen-bond donors (Lipinski definition) is 2. The van der Waals surface area contributed by atoms with Crippen LogP contribution in [-0.2, 0) is 0 Å². The van der Waals surface area contributed by atoms with Gasteiger partial charge in [-0.3, -0.25) is 0 Å². The second kappa shape index (κ2) is 3.91. The quantitative estimate of drug-likeness (QED) is 0.717. The SMILES string of the molecule is Oc1cccc(O)c1C1CCCCC1. The van der Waals surface area contributed by atoms with E-state index in [1.807, 2.05) is 0 Å². The topological polar surface area (TPSA) is 40.5 Å². The largest absolute Gasteiger partial charge is 0.508 e. The predicted octanol–water partition coefficient (Wildman–Crippen LogP) is 3.15. The monoisotopic (exact) mass is 192 g/mol. The summed E-state index contributed by atoms with van der Waals surface area (Å²) in [7, 11) is 0. The van der Waals surface area contributed by atoms with Crippen LogP contribution < -0.4 is 0 Å². The molecule has 14 heavy (non-hydrogen) atoms. The minimum atomic E-state index is 0.247. The Morgan fingerprint density at radius 3 is 2.07 bits per heavy atom. The van der Waals surface area contributed by atoms with Crippen molar-refractivity contribution in [1.29, 1.82) is 0 Å². The first kappa shape index (κ1) is 9.38. The molecular weight excluding hydrogens is 176 g/mol. The van der Waals surface area contributed by atoms with Crippen LogP contribution in [0.4, 0.5) is 0 Å². The molecule has 0 unspecified atom stereocenters. The Morgan fingerprint density at radius 2 is 1.50 bits per heavy atom. The fourth-order valence-electron chi connectivity index (χ4n) is 2.35. The number of aromatic hydroxyl groups is 2. The van der Waals surface area contributed by atoms with Gasteiger partial charge in [0, 0.05) is 5.56 Å². The van der Waals surface area contributed by atoms with Crippen LogP contribution in [-0.4, -0.2) is 10.2 Å². The van der Waals surface area contributed by atoms with Crippen molar-refractivity contribution in [2.75, 3.05) is 0 Å². The van der Waals surface area contributed by atoms with Crippen LogP contribution in [0.25, 0.3) is 0 Å². The van der Waals surface area contributed by atoms with Crippen LogP contribution in [0.1, 0.15) is 43.6 Å². The molecule has 76 valence electrons.